The fourth-order valence-corrected chi connectivity index (χ4v) is 9.46. The summed E-state index contributed by atoms with van der Waals surface area (Å²) in [6, 6.07) is 0. The summed E-state index contributed by atoms with van der Waals surface area (Å²) in [6.45, 7) is 0. The molecule has 1 heterocycles. The predicted octanol–water partition coefficient (Wildman–Crippen LogP) is 1.61. The minimum Gasteiger partial charge on any atom is -0.393 e. The van der Waals surface area contributed by atoms with Gasteiger partial charge in [-0.1, -0.05) is 12.8 Å². The molecule has 10 atom stereocenters. The molecule has 2 spiro atoms. The molecule has 7 aliphatic carbocycles. The van der Waals surface area contributed by atoms with Gasteiger partial charge in [0.2, 0.25) is 0 Å². The van der Waals surface area contributed by atoms with Crippen LogP contribution < -0.4 is 0 Å². The van der Waals surface area contributed by atoms with E-state index in [-0.39, 0.29) is 23.8 Å². The smallest absolute Gasteiger partial charge is 0.317 e. The second kappa shape index (κ2) is 2.10. The molecule has 8 aliphatic rings. The Balaban J connectivity index is 1.51. The van der Waals surface area contributed by atoms with Crippen LogP contribution in [0.5, 0.6) is 0 Å². The van der Waals surface area contributed by atoms with Gasteiger partial charge in [-0.3, -0.25) is 9.59 Å². The van der Waals surface area contributed by atoms with Crippen molar-refractivity contribution in [2.24, 2.45) is 58.2 Å². The molecular formula is C16H16O3. The number of hydrogen-bond acceptors (Lipinski definition) is 3. The van der Waals surface area contributed by atoms with Crippen LogP contribution >= 0.6 is 0 Å². The second-order valence-electron chi connectivity index (χ2n) is 8.34. The first-order valence-corrected chi connectivity index (χ1v) is 8.01. The maximum atomic E-state index is 12.1. The number of cyclic esters (lactones) is 2. The Morgan fingerprint density at radius 2 is 1.26 bits per heavy atom. The minimum absolute atomic E-state index is 0.0255. The van der Waals surface area contributed by atoms with Gasteiger partial charge in [0.25, 0.3) is 0 Å². The van der Waals surface area contributed by atoms with Crippen LogP contribution in [0.15, 0.2) is 0 Å². The SMILES string of the molecule is O=C1OC(=O)[C@@H]2[C@@H]1[C@H]1[C@@H]3[C@H]4[C@@H]5[C@@H]3[C@@]13CCCC[C@]53[C@@H]24. The molecule has 0 N–H and O–H groups in total. The molecule has 0 aromatic heterocycles. The molecule has 0 radical (unpaired) electrons. The molecule has 1 aliphatic heterocycles. The summed E-state index contributed by atoms with van der Waals surface area (Å²) in [7, 11) is 0. The van der Waals surface area contributed by atoms with Crippen molar-refractivity contribution in [2.75, 3.05) is 0 Å². The number of ether oxygens (including phenoxy) is 1. The average molecular weight is 256 g/mol. The quantitative estimate of drug-likeness (QED) is 0.488. The van der Waals surface area contributed by atoms with Crippen LogP contribution in [0.25, 0.3) is 0 Å². The summed E-state index contributed by atoms with van der Waals surface area (Å²) in [5.41, 5.74) is 1.01. The number of rotatable bonds is 0. The molecule has 0 aromatic rings. The van der Waals surface area contributed by atoms with Crippen molar-refractivity contribution in [3.63, 3.8) is 0 Å². The van der Waals surface area contributed by atoms with Crippen molar-refractivity contribution < 1.29 is 14.3 Å². The van der Waals surface area contributed by atoms with Gasteiger partial charge < -0.3 is 4.74 Å². The monoisotopic (exact) mass is 256 g/mol. The summed E-state index contributed by atoms with van der Waals surface area (Å²) in [5, 5.41) is 0. The van der Waals surface area contributed by atoms with Gasteiger partial charge in [-0.25, -0.2) is 0 Å². The van der Waals surface area contributed by atoms with E-state index >= 15 is 0 Å². The zero-order valence-corrected chi connectivity index (χ0v) is 10.7. The fraction of sp³-hybridized carbons (Fsp3) is 0.875. The highest BCUT2D eigenvalue weighted by Gasteiger charge is 3.03. The maximum Gasteiger partial charge on any atom is 0.317 e. The molecule has 3 heteroatoms. The van der Waals surface area contributed by atoms with Gasteiger partial charge in [0, 0.05) is 0 Å². The van der Waals surface area contributed by atoms with Crippen molar-refractivity contribution in [1.82, 2.24) is 0 Å². The lowest BCUT2D eigenvalue weighted by atomic mass is 8.99. The lowest BCUT2D eigenvalue weighted by molar-refractivity contribution is -0.581. The lowest BCUT2D eigenvalue weighted by Crippen LogP contribution is -3.02. The first kappa shape index (κ1) is 9.15. The molecule has 0 unspecified atom stereocenters. The van der Waals surface area contributed by atoms with Crippen LogP contribution in [-0.2, 0) is 14.3 Å². The number of carbonyl (C=O) groups is 2. The average Bonchev–Trinajstić information content (AvgIpc) is 2.64. The van der Waals surface area contributed by atoms with Crippen LogP contribution in [0.3, 0.4) is 0 Å². The zero-order chi connectivity index (χ0) is 12.3. The van der Waals surface area contributed by atoms with E-state index in [1.807, 2.05) is 0 Å². The molecule has 8 fully saturated rings. The molecule has 0 aromatic carbocycles. The minimum atomic E-state index is -0.161. The zero-order valence-electron chi connectivity index (χ0n) is 10.7. The number of carbonyl (C=O) groups excluding carboxylic acids is 2. The Bertz CT molecular complexity index is 559. The van der Waals surface area contributed by atoms with Crippen molar-refractivity contribution in [3.8, 4) is 0 Å². The summed E-state index contributed by atoms with van der Waals surface area (Å²) < 4.78 is 5.06. The highest BCUT2D eigenvalue weighted by Crippen LogP contribution is 3.05. The molecule has 19 heavy (non-hydrogen) atoms. The number of esters is 2. The highest BCUT2D eigenvalue weighted by molar-refractivity contribution is 5.98. The largest absolute Gasteiger partial charge is 0.393 e. The Morgan fingerprint density at radius 1 is 0.789 bits per heavy atom. The molecule has 2 bridgehead atoms. The highest BCUT2D eigenvalue weighted by atomic mass is 16.6. The van der Waals surface area contributed by atoms with Gasteiger partial charge >= 0.3 is 11.9 Å². The summed E-state index contributed by atoms with van der Waals surface area (Å²) in [4.78, 5) is 24.3. The Labute approximate surface area is 111 Å². The molecule has 0 amide bonds. The maximum absolute atomic E-state index is 12.1. The third-order valence-corrected chi connectivity index (χ3v) is 9.07. The summed E-state index contributed by atoms with van der Waals surface area (Å²) in [5.74, 6) is 4.27. The van der Waals surface area contributed by atoms with Gasteiger partial charge in [0.05, 0.1) is 11.8 Å². The number of hydrogen-bond donors (Lipinski definition) is 0. The Hall–Kier alpha value is -0.860. The van der Waals surface area contributed by atoms with Gasteiger partial charge in [0.15, 0.2) is 0 Å². The van der Waals surface area contributed by atoms with Crippen LogP contribution in [0.2, 0.25) is 0 Å². The van der Waals surface area contributed by atoms with E-state index in [0.717, 1.165) is 23.7 Å². The fourth-order valence-electron chi connectivity index (χ4n) is 9.46. The van der Waals surface area contributed by atoms with Crippen LogP contribution in [0.4, 0.5) is 0 Å². The molecule has 8 rings (SSSR count). The van der Waals surface area contributed by atoms with Gasteiger partial charge in [-0.15, -0.1) is 0 Å². The van der Waals surface area contributed by atoms with E-state index in [1.54, 1.807) is 0 Å². The second-order valence-corrected chi connectivity index (χ2v) is 8.34. The van der Waals surface area contributed by atoms with Gasteiger partial charge in [0.1, 0.15) is 0 Å². The predicted molar refractivity (Wildman–Crippen MR) is 62.4 cm³/mol. The Kier molecular flexibility index (Phi) is 1.01. The van der Waals surface area contributed by atoms with Crippen molar-refractivity contribution in [3.05, 3.63) is 0 Å². The first-order chi connectivity index (χ1) is 9.25. The van der Waals surface area contributed by atoms with E-state index in [4.69, 9.17) is 4.74 Å². The van der Waals surface area contributed by atoms with E-state index in [9.17, 15) is 9.59 Å². The molecule has 3 nitrogen and oxygen atoms in total. The molecule has 98 valence electrons. The molecule has 7 saturated carbocycles. The third kappa shape index (κ3) is 0.494. The standard InChI is InChI=1S/C16H16O3/c17-13-7-8(14(18)19-13)10-6-5-9(7)15-3-1-2-4-16(10,15)12(6)11(5)15/h5-12H,1-4H2/t5-,6+,7-,8-,9-,10-,11-,12-,15+,16-/m1/s1. The first-order valence-electron chi connectivity index (χ1n) is 8.01. The lowest BCUT2D eigenvalue weighted by Gasteiger charge is -3.04. The van der Waals surface area contributed by atoms with Gasteiger partial charge in [-0.05, 0) is 59.2 Å². The molecular weight excluding hydrogens is 240 g/mol. The van der Waals surface area contributed by atoms with Crippen LogP contribution in [0.1, 0.15) is 25.7 Å². The van der Waals surface area contributed by atoms with E-state index in [0.29, 0.717) is 22.7 Å². The van der Waals surface area contributed by atoms with E-state index < -0.39 is 0 Å². The van der Waals surface area contributed by atoms with E-state index in [1.165, 1.54) is 25.7 Å². The molecule has 1 saturated heterocycles. The van der Waals surface area contributed by atoms with Crippen molar-refractivity contribution >= 4 is 11.9 Å². The van der Waals surface area contributed by atoms with E-state index in [2.05, 4.69) is 0 Å². The van der Waals surface area contributed by atoms with Crippen LogP contribution in [-0.4, -0.2) is 11.9 Å². The van der Waals surface area contributed by atoms with Crippen LogP contribution in [0, 0.1) is 58.2 Å². The Morgan fingerprint density at radius 3 is 1.74 bits per heavy atom. The van der Waals surface area contributed by atoms with Crippen molar-refractivity contribution in [2.45, 2.75) is 25.7 Å². The third-order valence-electron chi connectivity index (χ3n) is 9.07. The normalized spacial score (nSPS) is 75.6. The van der Waals surface area contributed by atoms with Crippen molar-refractivity contribution in [1.29, 1.82) is 0 Å². The summed E-state index contributed by atoms with van der Waals surface area (Å²) in [6.07, 6.45) is 5.41. The summed E-state index contributed by atoms with van der Waals surface area (Å²) >= 11 is 0. The van der Waals surface area contributed by atoms with Gasteiger partial charge in [-0.2, -0.15) is 0 Å². The topological polar surface area (TPSA) is 43.4 Å².